The van der Waals surface area contributed by atoms with E-state index in [1.165, 1.54) is 0 Å². The maximum absolute atomic E-state index is 9.58. The molecule has 252 valence electrons. The van der Waals surface area contributed by atoms with Gasteiger partial charge in [-0.05, 0) is 77.8 Å². The quantitative estimate of drug-likeness (QED) is 0.161. The summed E-state index contributed by atoms with van der Waals surface area (Å²) in [5, 5.41) is -2.84. The fourth-order valence-electron chi connectivity index (χ4n) is 5.91. The van der Waals surface area contributed by atoms with Gasteiger partial charge in [-0.25, -0.2) is 15.0 Å². The van der Waals surface area contributed by atoms with Crippen molar-refractivity contribution in [2.45, 2.75) is 0 Å². The van der Waals surface area contributed by atoms with Crippen LogP contribution in [-0.2, 0) is 0 Å². The number of nitrogens with zero attached hydrogens (tertiary/aromatic N) is 3. The molecule has 1 aromatic heterocycles. The van der Waals surface area contributed by atoms with Crippen LogP contribution in [0.25, 0.3) is 99.9 Å². The minimum absolute atomic E-state index is 0.117. The molecule has 0 N–H and O–H groups in total. The van der Waals surface area contributed by atoms with E-state index in [1.54, 1.807) is 60.7 Å². The lowest BCUT2D eigenvalue weighted by atomic mass is 9.91. The van der Waals surface area contributed by atoms with Crippen LogP contribution in [0.4, 0.5) is 0 Å². The molecule has 0 bridgehead atoms. The molecule has 1 heterocycles. The number of rotatable bonds is 6. The maximum atomic E-state index is 9.58. The van der Waals surface area contributed by atoms with Crippen LogP contribution in [0.2, 0.25) is 0 Å². The van der Waals surface area contributed by atoms with Gasteiger partial charge < -0.3 is 0 Å². The smallest absolute Gasteiger partial charge is 0.164 e. The molecule has 0 saturated carbocycles. The van der Waals surface area contributed by atoms with Crippen LogP contribution in [0.1, 0.15) is 31.5 Å². The van der Waals surface area contributed by atoms with Crippen molar-refractivity contribution in [2.24, 2.45) is 0 Å². The minimum atomic E-state index is -1.02. The molecule has 0 unspecified atom stereocenters. The molecule has 0 fully saturated rings. The van der Waals surface area contributed by atoms with Gasteiger partial charge in [-0.1, -0.05) is 188 Å². The Hall–Kier alpha value is -7.23. The lowest BCUT2D eigenvalue weighted by molar-refractivity contribution is 1.07. The molecule has 10 aromatic rings. The van der Waals surface area contributed by atoms with Crippen molar-refractivity contribution in [1.29, 1.82) is 0 Å². The number of hydrogen-bond acceptors (Lipinski definition) is 3. The number of benzene rings is 9. The van der Waals surface area contributed by atoms with Gasteiger partial charge in [0.1, 0.15) is 0 Å². The summed E-state index contributed by atoms with van der Waals surface area (Å²) >= 11 is 0. The average Bonchev–Trinajstić information content (AvgIpc) is 3.62. The van der Waals surface area contributed by atoms with Crippen molar-refractivity contribution in [2.75, 3.05) is 0 Å². The molecule has 0 saturated heterocycles. The molecule has 0 aliphatic carbocycles. The minimum Gasteiger partial charge on any atom is -0.208 e. The predicted octanol–water partition coefficient (Wildman–Crippen LogP) is 13.3. The maximum Gasteiger partial charge on any atom is 0.164 e. The van der Waals surface area contributed by atoms with Crippen molar-refractivity contribution in [3.63, 3.8) is 0 Å². The Morgan fingerprint density at radius 3 is 1.09 bits per heavy atom. The Morgan fingerprint density at radius 2 is 0.611 bits per heavy atom. The van der Waals surface area contributed by atoms with E-state index in [-0.39, 0.29) is 17.5 Å². The molecular weight excluding hydrogens is 655 g/mol. The lowest BCUT2D eigenvalue weighted by Crippen LogP contribution is -2.00. The molecule has 3 nitrogen and oxygen atoms in total. The summed E-state index contributed by atoms with van der Waals surface area (Å²) in [4.78, 5) is 13.7. The highest BCUT2D eigenvalue weighted by Gasteiger charge is 2.14. The van der Waals surface area contributed by atoms with E-state index in [9.17, 15) is 16.4 Å². The number of aromatic nitrogens is 3. The van der Waals surface area contributed by atoms with Gasteiger partial charge >= 0.3 is 0 Å². The monoisotopic (exact) mass is 710 g/mol. The van der Waals surface area contributed by atoms with Gasteiger partial charge in [-0.3, -0.25) is 0 Å². The first-order chi connectivity index (χ1) is 36.4. The Labute approximate surface area is 346 Å². The van der Waals surface area contributed by atoms with Crippen LogP contribution in [0.5, 0.6) is 0 Å². The van der Waals surface area contributed by atoms with E-state index in [1.807, 2.05) is 0 Å². The van der Waals surface area contributed by atoms with E-state index in [0.717, 1.165) is 0 Å². The zero-order valence-corrected chi connectivity index (χ0v) is 27.6. The normalized spacial score (nSPS) is 17.3. The second kappa shape index (κ2) is 13.4. The molecular formula is C51H33N3. The van der Waals surface area contributed by atoms with Crippen molar-refractivity contribution < 1.29 is 31.5 Å². The van der Waals surface area contributed by atoms with E-state index in [0.29, 0.717) is 11.1 Å². The van der Waals surface area contributed by atoms with E-state index >= 15 is 0 Å². The zero-order chi connectivity index (χ0) is 55.9. The van der Waals surface area contributed by atoms with Gasteiger partial charge in [0.2, 0.25) is 0 Å². The van der Waals surface area contributed by atoms with Crippen molar-refractivity contribution >= 4 is 32.3 Å². The Morgan fingerprint density at radius 1 is 0.259 bits per heavy atom. The topological polar surface area (TPSA) is 38.7 Å². The first kappa shape index (κ1) is 15.8. The van der Waals surface area contributed by atoms with Crippen LogP contribution >= 0.6 is 0 Å². The third-order valence-corrected chi connectivity index (χ3v) is 8.49. The third kappa shape index (κ3) is 5.78. The Bertz CT molecular complexity index is 4140. The molecule has 0 amide bonds. The molecule has 3 heteroatoms. The molecule has 9 aromatic carbocycles. The molecule has 0 atom stereocenters. The Balaban J connectivity index is 1.21. The van der Waals surface area contributed by atoms with Crippen molar-refractivity contribution in [3.8, 4) is 67.5 Å². The Kier molecular flexibility index (Phi) is 3.92. The van der Waals surface area contributed by atoms with E-state index < -0.39 is 210 Å². The molecule has 0 radical (unpaired) electrons. The average molecular weight is 711 g/mol. The van der Waals surface area contributed by atoms with Crippen LogP contribution in [-0.4, -0.2) is 15.0 Å². The van der Waals surface area contributed by atoms with E-state index in [4.69, 9.17) is 15.1 Å². The van der Waals surface area contributed by atoms with Gasteiger partial charge in [0, 0.05) is 16.7 Å². The number of hydrogen-bond donors (Lipinski definition) is 0. The molecule has 54 heavy (non-hydrogen) atoms. The van der Waals surface area contributed by atoms with Gasteiger partial charge in [-0.15, -0.1) is 0 Å². The molecule has 0 aliphatic rings. The van der Waals surface area contributed by atoms with Gasteiger partial charge in [-0.2, -0.15) is 0 Å². The van der Waals surface area contributed by atoms with Crippen LogP contribution in [0.3, 0.4) is 0 Å². The molecule has 0 spiro atoms. The van der Waals surface area contributed by atoms with Crippen molar-refractivity contribution in [3.05, 3.63) is 200 Å². The zero-order valence-electron chi connectivity index (χ0n) is 50.6. The van der Waals surface area contributed by atoms with E-state index in [2.05, 4.69) is 15.0 Å². The van der Waals surface area contributed by atoms with Crippen LogP contribution < -0.4 is 0 Å². The van der Waals surface area contributed by atoms with Gasteiger partial charge in [0.25, 0.3) is 0 Å². The summed E-state index contributed by atoms with van der Waals surface area (Å²) in [5.41, 5.74) is -3.83. The summed E-state index contributed by atoms with van der Waals surface area (Å²) in [6, 6.07) is -2.52. The second-order valence-electron chi connectivity index (χ2n) is 11.8. The third-order valence-electron chi connectivity index (χ3n) is 8.49. The van der Waals surface area contributed by atoms with Crippen molar-refractivity contribution in [1.82, 2.24) is 15.0 Å². The first-order valence-electron chi connectivity index (χ1n) is 27.9. The fourth-order valence-corrected chi connectivity index (χ4v) is 5.91. The highest BCUT2D eigenvalue weighted by atomic mass is 15.0. The SMILES string of the molecule is [2H]c1c([2H])c(-c2nc(-c3ccccc3)nc(-c3ccccc3)n2)c([2H])c(-c2c([2H])c([2H])c(-c3c([2H])c([2H])c(-c4c([2H])c([2H])c5c6c([2H])c([2H])c([2H])c([2H])c6c6c([2H])c([2H])c([2H])c([2H])c6c5c4[2H])c([2H])c3[2H])c([2H])c2[2H])c1[2H]. The summed E-state index contributed by atoms with van der Waals surface area (Å²) < 4.78 is 208. The largest absolute Gasteiger partial charge is 0.208 e. The summed E-state index contributed by atoms with van der Waals surface area (Å²) in [5.74, 6) is -0.0516. The van der Waals surface area contributed by atoms with Crippen LogP contribution in [0.15, 0.2) is 200 Å². The highest BCUT2D eigenvalue weighted by molar-refractivity contribution is 6.25. The molecule has 10 rings (SSSR count). The lowest BCUT2D eigenvalue weighted by Gasteiger charge is -2.12. The van der Waals surface area contributed by atoms with Crippen LogP contribution in [0, 0.1) is 0 Å². The van der Waals surface area contributed by atoms with Gasteiger partial charge in [0.05, 0.1) is 31.5 Å². The first-order valence-corrected chi connectivity index (χ1v) is 16.4. The summed E-state index contributed by atoms with van der Waals surface area (Å²) in [7, 11) is 0. The predicted molar refractivity (Wildman–Crippen MR) is 225 cm³/mol. The summed E-state index contributed by atoms with van der Waals surface area (Å²) in [6.45, 7) is 0. The van der Waals surface area contributed by atoms with Gasteiger partial charge in [0.15, 0.2) is 17.5 Å². The standard InChI is InChI=1S/C51H33N3/c1-3-12-38(13-4-1)49-52-50(39-14-5-2-6-15-39)54-51(53-49)42-17-11-16-40(32-42)36-26-22-34(23-27-36)35-24-28-37(29-25-35)41-30-31-47-45-20-8-7-18-43(45)44-19-9-10-21-46(44)48(47)33-41/h1-33H/i7D,8D,9D,10D,11D,16D,17D,18D,19D,20D,21D,22D,23D,24D,25D,26D,27D,28D,29D,30D,31D,32D,33D. The number of fused-ring (bicyclic) bond motifs is 6. The fraction of sp³-hybridized carbons (Fsp3) is 0. The highest BCUT2D eigenvalue weighted by Crippen LogP contribution is 2.38. The summed E-state index contributed by atoms with van der Waals surface area (Å²) in [6.07, 6.45) is 0. The molecule has 0 aliphatic heterocycles. The second-order valence-corrected chi connectivity index (χ2v) is 11.8.